The number of rotatable bonds is 5. The van der Waals surface area contributed by atoms with Crippen LogP contribution in [-0.2, 0) is 0 Å². The molecule has 92 valence electrons. The van der Waals surface area contributed by atoms with E-state index in [-0.39, 0.29) is 0 Å². The summed E-state index contributed by atoms with van der Waals surface area (Å²) in [6.07, 6.45) is 10.0. The van der Waals surface area contributed by atoms with E-state index in [9.17, 15) is 0 Å². The van der Waals surface area contributed by atoms with Crippen molar-refractivity contribution in [2.24, 2.45) is 11.3 Å². The molecule has 0 aromatic rings. The molecule has 2 heteroatoms. The molecule has 2 aliphatic heterocycles. The van der Waals surface area contributed by atoms with Crippen molar-refractivity contribution in [2.75, 3.05) is 13.1 Å². The molecule has 2 heterocycles. The summed E-state index contributed by atoms with van der Waals surface area (Å²) >= 11 is 0. The Morgan fingerprint density at radius 2 is 1.88 bits per heavy atom. The maximum atomic E-state index is 3.72. The van der Waals surface area contributed by atoms with Crippen molar-refractivity contribution in [3.8, 4) is 0 Å². The molecule has 3 aliphatic rings. The summed E-state index contributed by atoms with van der Waals surface area (Å²) in [4.78, 5) is 0. The van der Waals surface area contributed by atoms with Crippen LogP contribution in [0.3, 0.4) is 0 Å². The van der Waals surface area contributed by atoms with Crippen LogP contribution >= 0.6 is 0 Å². The van der Waals surface area contributed by atoms with Gasteiger partial charge in [-0.3, -0.25) is 0 Å². The molecule has 2 N–H and O–H groups in total. The fourth-order valence-electron chi connectivity index (χ4n) is 3.50. The van der Waals surface area contributed by atoms with Gasteiger partial charge in [0, 0.05) is 18.6 Å². The average Bonchev–Trinajstić information content (AvgIpc) is 2.91. The second-order valence-electron chi connectivity index (χ2n) is 6.75. The van der Waals surface area contributed by atoms with Crippen LogP contribution in [0, 0.1) is 11.3 Å². The van der Waals surface area contributed by atoms with E-state index in [0.717, 1.165) is 18.0 Å². The minimum Gasteiger partial charge on any atom is -0.316 e. The van der Waals surface area contributed by atoms with Crippen LogP contribution in [0.2, 0.25) is 0 Å². The predicted molar refractivity (Wildman–Crippen MR) is 67.5 cm³/mol. The Balaban J connectivity index is 1.33. The molecule has 16 heavy (non-hydrogen) atoms. The van der Waals surface area contributed by atoms with Gasteiger partial charge in [-0.1, -0.05) is 6.92 Å². The molecule has 3 rings (SSSR count). The van der Waals surface area contributed by atoms with E-state index >= 15 is 0 Å². The summed E-state index contributed by atoms with van der Waals surface area (Å²) in [7, 11) is 0. The van der Waals surface area contributed by atoms with Gasteiger partial charge in [0.15, 0.2) is 0 Å². The number of nitrogens with one attached hydrogen (secondary N) is 2. The second-order valence-corrected chi connectivity index (χ2v) is 6.75. The SMILES string of the molecule is CC1(CNCCC2CC3CCC(C2)N3)CC1. The molecule has 2 saturated heterocycles. The van der Waals surface area contributed by atoms with E-state index in [4.69, 9.17) is 0 Å². The summed E-state index contributed by atoms with van der Waals surface area (Å²) in [5.41, 5.74) is 0.674. The highest BCUT2D eigenvalue weighted by Gasteiger charge is 2.36. The van der Waals surface area contributed by atoms with Crippen molar-refractivity contribution < 1.29 is 0 Å². The quantitative estimate of drug-likeness (QED) is 0.698. The van der Waals surface area contributed by atoms with Crippen LogP contribution in [0.5, 0.6) is 0 Å². The molecular weight excluding hydrogens is 196 g/mol. The summed E-state index contributed by atoms with van der Waals surface area (Å²) in [6.45, 7) is 4.91. The molecule has 1 saturated carbocycles. The van der Waals surface area contributed by atoms with Gasteiger partial charge in [0.05, 0.1) is 0 Å². The van der Waals surface area contributed by atoms with Crippen LogP contribution in [0.25, 0.3) is 0 Å². The summed E-state index contributed by atoms with van der Waals surface area (Å²) in [6, 6.07) is 1.73. The fourth-order valence-corrected chi connectivity index (χ4v) is 3.50. The highest BCUT2D eigenvalue weighted by atomic mass is 15.0. The minimum absolute atomic E-state index is 0.674. The van der Waals surface area contributed by atoms with Gasteiger partial charge in [-0.2, -0.15) is 0 Å². The first-order valence-electron chi connectivity index (χ1n) is 7.20. The number of fused-ring (bicyclic) bond motifs is 2. The predicted octanol–water partition coefficient (Wildman–Crippen LogP) is 2.30. The lowest BCUT2D eigenvalue weighted by Gasteiger charge is -2.29. The van der Waals surface area contributed by atoms with Crippen molar-refractivity contribution in [3.05, 3.63) is 0 Å². The molecule has 1 aliphatic carbocycles. The molecule has 0 aromatic carbocycles. The van der Waals surface area contributed by atoms with Crippen LogP contribution in [-0.4, -0.2) is 25.2 Å². The molecule has 2 bridgehead atoms. The summed E-state index contributed by atoms with van der Waals surface area (Å²) in [5.74, 6) is 0.998. The lowest BCUT2D eigenvalue weighted by molar-refractivity contribution is 0.281. The van der Waals surface area contributed by atoms with Crippen LogP contribution in [0.15, 0.2) is 0 Å². The highest BCUT2D eigenvalue weighted by molar-refractivity contribution is 4.93. The Labute approximate surface area is 99.6 Å². The standard InChI is InChI=1S/C14H26N2/c1-14(5-6-14)10-15-7-4-11-8-12-2-3-13(9-11)16-12/h11-13,15-16H,2-10H2,1H3. The van der Waals surface area contributed by atoms with Crippen LogP contribution < -0.4 is 10.6 Å². The zero-order valence-electron chi connectivity index (χ0n) is 10.6. The van der Waals surface area contributed by atoms with Crippen molar-refractivity contribution in [1.29, 1.82) is 0 Å². The van der Waals surface area contributed by atoms with Gasteiger partial charge < -0.3 is 10.6 Å². The molecule has 3 fully saturated rings. The van der Waals surface area contributed by atoms with Crippen LogP contribution in [0.1, 0.15) is 51.9 Å². The zero-order chi connectivity index (χ0) is 11.0. The smallest absolute Gasteiger partial charge is 0.00728 e. The Morgan fingerprint density at radius 3 is 2.50 bits per heavy atom. The molecule has 0 amide bonds. The largest absolute Gasteiger partial charge is 0.316 e. The Hall–Kier alpha value is -0.0800. The van der Waals surface area contributed by atoms with Gasteiger partial charge in [0.2, 0.25) is 0 Å². The topological polar surface area (TPSA) is 24.1 Å². The molecule has 0 radical (unpaired) electrons. The Kier molecular flexibility index (Phi) is 2.97. The third-order valence-corrected chi connectivity index (χ3v) is 4.96. The molecule has 0 aromatic heterocycles. The number of hydrogen-bond acceptors (Lipinski definition) is 2. The lowest BCUT2D eigenvalue weighted by atomic mass is 9.90. The molecule has 2 unspecified atom stereocenters. The Morgan fingerprint density at radius 1 is 1.19 bits per heavy atom. The van der Waals surface area contributed by atoms with Gasteiger partial charge in [0.1, 0.15) is 0 Å². The maximum absolute atomic E-state index is 3.72. The van der Waals surface area contributed by atoms with Crippen molar-refractivity contribution in [2.45, 2.75) is 64.0 Å². The minimum atomic E-state index is 0.674. The molecule has 0 spiro atoms. The highest BCUT2D eigenvalue weighted by Crippen LogP contribution is 2.44. The summed E-state index contributed by atoms with van der Waals surface area (Å²) in [5, 5.41) is 7.39. The van der Waals surface area contributed by atoms with E-state index in [1.165, 1.54) is 58.0 Å². The monoisotopic (exact) mass is 222 g/mol. The van der Waals surface area contributed by atoms with Gasteiger partial charge in [-0.25, -0.2) is 0 Å². The molecule has 2 atom stereocenters. The third kappa shape index (κ3) is 2.60. The number of piperidine rings is 1. The van der Waals surface area contributed by atoms with E-state index < -0.39 is 0 Å². The first kappa shape index (κ1) is 11.0. The van der Waals surface area contributed by atoms with E-state index in [1.54, 1.807) is 0 Å². The lowest BCUT2D eigenvalue weighted by Crippen LogP contribution is -2.39. The number of hydrogen-bond donors (Lipinski definition) is 2. The summed E-state index contributed by atoms with van der Waals surface area (Å²) < 4.78 is 0. The first-order valence-corrected chi connectivity index (χ1v) is 7.20. The van der Waals surface area contributed by atoms with Gasteiger partial charge in [-0.15, -0.1) is 0 Å². The van der Waals surface area contributed by atoms with E-state index in [1.807, 2.05) is 0 Å². The average molecular weight is 222 g/mol. The molecule has 2 nitrogen and oxygen atoms in total. The zero-order valence-corrected chi connectivity index (χ0v) is 10.6. The van der Waals surface area contributed by atoms with Crippen molar-refractivity contribution in [3.63, 3.8) is 0 Å². The van der Waals surface area contributed by atoms with E-state index in [2.05, 4.69) is 17.6 Å². The second kappa shape index (κ2) is 4.30. The maximum Gasteiger partial charge on any atom is 0.00728 e. The van der Waals surface area contributed by atoms with Crippen molar-refractivity contribution >= 4 is 0 Å². The van der Waals surface area contributed by atoms with E-state index in [0.29, 0.717) is 5.41 Å². The van der Waals surface area contributed by atoms with Gasteiger partial charge in [0.25, 0.3) is 0 Å². The van der Waals surface area contributed by atoms with Gasteiger partial charge >= 0.3 is 0 Å². The first-order chi connectivity index (χ1) is 7.73. The normalized spacial score (nSPS) is 39.9. The van der Waals surface area contributed by atoms with Crippen LogP contribution in [0.4, 0.5) is 0 Å². The van der Waals surface area contributed by atoms with Crippen molar-refractivity contribution in [1.82, 2.24) is 10.6 Å². The van der Waals surface area contributed by atoms with Gasteiger partial charge in [-0.05, 0) is 62.8 Å². The molecular formula is C14H26N2. The Bertz CT molecular complexity index is 235. The fraction of sp³-hybridized carbons (Fsp3) is 1.00. The third-order valence-electron chi connectivity index (χ3n) is 4.96.